The quantitative estimate of drug-likeness (QED) is 0.207. The van der Waals surface area contributed by atoms with E-state index in [0.717, 1.165) is 65.8 Å². The number of aryl methyl sites for hydroxylation is 1. The van der Waals surface area contributed by atoms with Crippen LogP contribution < -0.4 is 10.9 Å². The Morgan fingerprint density at radius 2 is 1.80 bits per heavy atom. The molecule has 0 bridgehead atoms. The van der Waals surface area contributed by atoms with Crippen LogP contribution in [0.2, 0.25) is 0 Å². The van der Waals surface area contributed by atoms with Crippen LogP contribution in [0.3, 0.4) is 0 Å². The third-order valence-electron chi connectivity index (χ3n) is 9.73. The number of amides is 1. The molecule has 4 heterocycles. The summed E-state index contributed by atoms with van der Waals surface area (Å²) in [5.74, 6) is -0.474. The molecule has 1 amide bonds. The van der Waals surface area contributed by atoms with Gasteiger partial charge in [0.2, 0.25) is 5.56 Å². The predicted molar refractivity (Wildman–Crippen MR) is 179 cm³/mol. The fourth-order valence-electron chi connectivity index (χ4n) is 6.74. The van der Waals surface area contributed by atoms with Crippen molar-refractivity contribution < 1.29 is 14.7 Å². The number of benzene rings is 1. The number of aromatic nitrogens is 2. The standard InChI is InChI=1S/C36H42N4O4S/c1-36(2,3)28-9-10-29-26(19-28)18-27-20-31(45-34(27)39-29)33(42)38-30(14-17-40-15-12-24(13-16-40)35(43)44)23-6-4-22(5-7-23)25-8-11-32(41)37-21-25/h4-8,11,18,20-21,24,28,30H,9-10,12-17,19H2,1-3H3,(H,37,41)(H,38,42)(H,43,44)/t28-,30+/m0/s1. The number of thiophene rings is 1. The van der Waals surface area contributed by atoms with Gasteiger partial charge in [-0.2, -0.15) is 0 Å². The second kappa shape index (κ2) is 12.9. The van der Waals surface area contributed by atoms with E-state index >= 15 is 0 Å². The fraction of sp³-hybridized carbons (Fsp3) is 0.444. The zero-order chi connectivity index (χ0) is 31.7. The summed E-state index contributed by atoms with van der Waals surface area (Å²) in [6.45, 7) is 9.18. The number of hydrogen-bond acceptors (Lipinski definition) is 6. The number of rotatable bonds is 8. The molecule has 6 rings (SSSR count). The molecule has 1 aliphatic carbocycles. The maximum Gasteiger partial charge on any atom is 0.306 e. The molecule has 8 nitrogen and oxygen atoms in total. The van der Waals surface area contributed by atoms with Gasteiger partial charge in [-0.1, -0.05) is 45.0 Å². The number of carbonyl (C=O) groups excluding carboxylic acids is 1. The van der Waals surface area contributed by atoms with Crippen LogP contribution in [-0.4, -0.2) is 51.5 Å². The summed E-state index contributed by atoms with van der Waals surface area (Å²) in [5.41, 5.74) is 5.48. The lowest BCUT2D eigenvalue weighted by atomic mass is 9.71. The molecular weight excluding hydrogens is 584 g/mol. The monoisotopic (exact) mass is 626 g/mol. The minimum Gasteiger partial charge on any atom is -0.481 e. The maximum absolute atomic E-state index is 13.8. The van der Waals surface area contributed by atoms with Crippen LogP contribution in [-0.2, 0) is 17.6 Å². The third-order valence-corrected chi connectivity index (χ3v) is 10.8. The molecule has 2 aliphatic rings. The molecule has 45 heavy (non-hydrogen) atoms. The van der Waals surface area contributed by atoms with Crippen molar-refractivity contribution in [2.45, 2.75) is 65.3 Å². The largest absolute Gasteiger partial charge is 0.481 e. The van der Waals surface area contributed by atoms with E-state index in [1.165, 1.54) is 28.7 Å². The van der Waals surface area contributed by atoms with Gasteiger partial charge in [-0.3, -0.25) is 14.4 Å². The van der Waals surface area contributed by atoms with Crippen LogP contribution in [0.1, 0.15) is 79.0 Å². The highest BCUT2D eigenvalue weighted by Gasteiger charge is 2.30. The van der Waals surface area contributed by atoms with Gasteiger partial charge in [0.25, 0.3) is 5.91 Å². The predicted octanol–water partition coefficient (Wildman–Crippen LogP) is 6.46. The number of carbonyl (C=O) groups is 2. The molecule has 1 saturated heterocycles. The van der Waals surface area contributed by atoms with Crippen molar-refractivity contribution in [1.82, 2.24) is 20.2 Å². The van der Waals surface area contributed by atoms with Crippen LogP contribution >= 0.6 is 11.3 Å². The number of fused-ring (bicyclic) bond motifs is 2. The van der Waals surface area contributed by atoms with Crippen molar-refractivity contribution in [3.63, 3.8) is 0 Å². The van der Waals surface area contributed by atoms with Crippen LogP contribution in [0.5, 0.6) is 0 Å². The third kappa shape index (κ3) is 7.20. The average Bonchev–Trinajstić information content (AvgIpc) is 3.45. The number of H-pyrrole nitrogens is 1. The second-order valence-electron chi connectivity index (χ2n) is 13.7. The lowest BCUT2D eigenvalue weighted by Gasteiger charge is -2.34. The first-order valence-corrected chi connectivity index (χ1v) is 16.8. The molecule has 0 saturated carbocycles. The minimum atomic E-state index is -0.713. The highest BCUT2D eigenvalue weighted by molar-refractivity contribution is 7.20. The average molecular weight is 627 g/mol. The number of piperidine rings is 1. The topological polar surface area (TPSA) is 115 Å². The van der Waals surface area contributed by atoms with Crippen LogP contribution in [0.25, 0.3) is 21.3 Å². The van der Waals surface area contributed by atoms with Crippen molar-refractivity contribution in [3.8, 4) is 11.1 Å². The van der Waals surface area contributed by atoms with Crippen LogP contribution in [0, 0.1) is 17.3 Å². The van der Waals surface area contributed by atoms with Gasteiger partial charge in [0.1, 0.15) is 4.83 Å². The second-order valence-corrected chi connectivity index (χ2v) is 14.8. The summed E-state index contributed by atoms with van der Waals surface area (Å²) in [7, 11) is 0. The summed E-state index contributed by atoms with van der Waals surface area (Å²) in [6, 6.07) is 15.4. The number of aliphatic carboxylic acids is 1. The first-order valence-electron chi connectivity index (χ1n) is 16.0. The SMILES string of the molecule is CC(C)(C)[C@H]1CCc2nc3sc(C(=O)N[C@H](CCN4CCC(C(=O)O)CC4)c4ccc(-c5ccc(=O)[nH]c5)cc4)cc3cc2C1. The van der Waals surface area contributed by atoms with Crippen molar-refractivity contribution in [3.05, 3.63) is 86.8 Å². The van der Waals surface area contributed by atoms with E-state index in [2.05, 4.69) is 42.0 Å². The molecule has 0 unspecified atom stereocenters. The normalized spacial score (nSPS) is 18.4. The lowest BCUT2D eigenvalue weighted by Crippen LogP contribution is -2.38. The fourth-order valence-corrected chi connectivity index (χ4v) is 7.68. The molecular formula is C36H42N4O4S. The number of hydrogen-bond donors (Lipinski definition) is 3. The maximum atomic E-state index is 13.8. The van der Waals surface area contributed by atoms with Crippen molar-refractivity contribution in [2.24, 2.45) is 17.3 Å². The van der Waals surface area contributed by atoms with Gasteiger partial charge in [0, 0.05) is 29.9 Å². The summed E-state index contributed by atoms with van der Waals surface area (Å²) in [6.07, 6.45) is 6.85. The smallest absolute Gasteiger partial charge is 0.306 e. The molecule has 3 N–H and O–H groups in total. The Morgan fingerprint density at radius 1 is 1.07 bits per heavy atom. The molecule has 0 radical (unpaired) electrons. The van der Waals surface area contributed by atoms with Gasteiger partial charge in [0.05, 0.1) is 16.8 Å². The van der Waals surface area contributed by atoms with E-state index in [1.54, 1.807) is 12.3 Å². The number of likely N-dealkylation sites (tertiary alicyclic amines) is 1. The van der Waals surface area contributed by atoms with E-state index in [9.17, 15) is 19.5 Å². The van der Waals surface area contributed by atoms with Gasteiger partial charge in [-0.05, 0) is 103 Å². The Kier molecular flexibility index (Phi) is 8.93. The Labute approximate surface area is 267 Å². The zero-order valence-corrected chi connectivity index (χ0v) is 27.1. The Morgan fingerprint density at radius 3 is 2.47 bits per heavy atom. The van der Waals surface area contributed by atoms with Crippen molar-refractivity contribution >= 4 is 33.4 Å². The zero-order valence-electron chi connectivity index (χ0n) is 26.3. The Hall–Kier alpha value is -3.82. The van der Waals surface area contributed by atoms with Crippen molar-refractivity contribution in [1.29, 1.82) is 0 Å². The van der Waals surface area contributed by atoms with Crippen molar-refractivity contribution in [2.75, 3.05) is 19.6 Å². The number of carboxylic acids is 1. The van der Waals surface area contributed by atoms with Gasteiger partial charge in [-0.25, -0.2) is 4.98 Å². The van der Waals surface area contributed by atoms with Gasteiger partial charge in [0.15, 0.2) is 0 Å². The van der Waals surface area contributed by atoms with E-state index in [-0.39, 0.29) is 28.8 Å². The van der Waals surface area contributed by atoms with E-state index < -0.39 is 5.97 Å². The first kappa shape index (κ1) is 31.2. The highest BCUT2D eigenvalue weighted by Crippen LogP contribution is 2.38. The summed E-state index contributed by atoms with van der Waals surface area (Å²) in [4.78, 5) is 48.3. The Balaban J connectivity index is 1.20. The summed E-state index contributed by atoms with van der Waals surface area (Å²) in [5, 5.41) is 13.7. The molecule has 2 atom stereocenters. The van der Waals surface area contributed by atoms with E-state index in [4.69, 9.17) is 4.98 Å². The summed E-state index contributed by atoms with van der Waals surface area (Å²) < 4.78 is 0. The molecule has 1 aromatic carbocycles. The highest BCUT2D eigenvalue weighted by atomic mass is 32.1. The summed E-state index contributed by atoms with van der Waals surface area (Å²) >= 11 is 1.45. The number of carboxylic acid groups (broad SMARTS) is 1. The molecule has 9 heteroatoms. The molecule has 236 valence electrons. The number of nitrogens with one attached hydrogen (secondary N) is 2. The molecule has 4 aromatic rings. The molecule has 1 aliphatic heterocycles. The lowest BCUT2D eigenvalue weighted by molar-refractivity contribution is -0.143. The Bertz CT molecular complexity index is 1730. The minimum absolute atomic E-state index is 0.108. The number of nitrogens with zero attached hydrogens (tertiary/aromatic N) is 2. The van der Waals surface area contributed by atoms with Crippen LogP contribution in [0.15, 0.2) is 59.5 Å². The number of aromatic amines is 1. The van der Waals surface area contributed by atoms with Gasteiger partial charge in [-0.15, -0.1) is 11.3 Å². The first-order chi connectivity index (χ1) is 21.5. The van der Waals surface area contributed by atoms with E-state index in [1.807, 2.05) is 30.3 Å². The van der Waals surface area contributed by atoms with E-state index in [0.29, 0.717) is 30.1 Å². The molecule has 0 spiro atoms. The molecule has 3 aromatic heterocycles. The van der Waals surface area contributed by atoms with Gasteiger partial charge >= 0.3 is 5.97 Å². The van der Waals surface area contributed by atoms with Crippen LogP contribution in [0.4, 0.5) is 0 Å². The molecule has 1 fully saturated rings. The van der Waals surface area contributed by atoms with Gasteiger partial charge < -0.3 is 20.3 Å². The number of pyridine rings is 2.